The van der Waals surface area contributed by atoms with Crippen LogP contribution in [0.2, 0.25) is 0 Å². The topological polar surface area (TPSA) is 107 Å². The summed E-state index contributed by atoms with van der Waals surface area (Å²) in [4.78, 5) is -2.05. The molecule has 21 heteroatoms. The third-order valence-electron chi connectivity index (χ3n) is 8.88. The predicted octanol–water partition coefficient (Wildman–Crippen LogP) is 10.1. The second-order valence-corrected chi connectivity index (χ2v) is 16.2. The fourth-order valence-electron chi connectivity index (χ4n) is 5.28. The van der Waals surface area contributed by atoms with Crippen molar-refractivity contribution in [3.8, 4) is 17.2 Å². The third-order valence-corrected chi connectivity index (χ3v) is 11.6. The second kappa shape index (κ2) is 14.2. The molecule has 4 aromatic carbocycles. The van der Waals surface area contributed by atoms with Crippen molar-refractivity contribution in [2.45, 2.75) is 70.8 Å². The van der Waals surface area contributed by atoms with Crippen LogP contribution in [0.1, 0.15) is 36.1 Å². The minimum atomic E-state index is -8.30. The predicted molar refractivity (Wildman–Crippen MR) is 175 cm³/mol. The molecule has 4 aromatic rings. The van der Waals surface area contributed by atoms with Crippen molar-refractivity contribution < 1.29 is 83.5 Å². The molecule has 0 radical (unpaired) electrons. The highest BCUT2D eigenvalue weighted by molar-refractivity contribution is 7.91. The van der Waals surface area contributed by atoms with Crippen molar-refractivity contribution in [1.82, 2.24) is 0 Å². The van der Waals surface area contributed by atoms with E-state index >= 15 is 8.78 Å². The number of rotatable bonds is 14. The largest absolute Gasteiger partial charge is 0.497 e. The maximum absolute atomic E-state index is 15.2. The molecule has 306 valence electrons. The highest BCUT2D eigenvalue weighted by atomic mass is 32.2. The molecule has 0 amide bonds. The summed E-state index contributed by atoms with van der Waals surface area (Å²) in [6, 6.07) is 18.6. The Kier molecular flexibility index (Phi) is 11.2. The molecule has 0 bridgehead atoms. The molecule has 1 N–H and O–H groups in total. The molecule has 0 saturated carbocycles. The number of methoxy groups -OCH3 is 1. The van der Waals surface area contributed by atoms with Crippen molar-refractivity contribution in [2.24, 2.45) is 0 Å². The molecule has 7 nitrogen and oxygen atoms in total. The van der Waals surface area contributed by atoms with Crippen LogP contribution in [0.15, 0.2) is 101 Å². The Bertz CT molecular complexity index is 2300. The number of alkyl halides is 12. The van der Waals surface area contributed by atoms with E-state index in [0.29, 0.717) is 24.8 Å². The van der Waals surface area contributed by atoms with Gasteiger partial charge in [-0.2, -0.15) is 61.1 Å². The monoisotopic (exact) mass is 852 g/mol. The van der Waals surface area contributed by atoms with Gasteiger partial charge in [0.1, 0.15) is 17.2 Å². The molecule has 0 unspecified atom stereocenters. The summed E-state index contributed by atoms with van der Waals surface area (Å²) in [6.07, 6.45) is 0. The van der Waals surface area contributed by atoms with Gasteiger partial charge in [-0.3, -0.25) is 4.55 Å². The Balaban J connectivity index is 1.62. The van der Waals surface area contributed by atoms with E-state index in [4.69, 9.17) is 14.0 Å². The van der Waals surface area contributed by atoms with Crippen LogP contribution in [0.25, 0.3) is 0 Å². The van der Waals surface area contributed by atoms with Crippen LogP contribution in [0.5, 0.6) is 17.2 Å². The van der Waals surface area contributed by atoms with Gasteiger partial charge in [-0.25, -0.2) is 8.42 Å². The molecule has 0 aromatic heterocycles. The lowest BCUT2D eigenvalue weighted by atomic mass is 9.78. The van der Waals surface area contributed by atoms with Gasteiger partial charge in [0, 0.05) is 11.0 Å². The number of benzene rings is 4. The van der Waals surface area contributed by atoms with Crippen molar-refractivity contribution in [3.63, 3.8) is 0 Å². The van der Waals surface area contributed by atoms with Crippen molar-refractivity contribution >= 4 is 20.0 Å². The van der Waals surface area contributed by atoms with Gasteiger partial charge in [0.2, 0.25) is 9.84 Å². The lowest BCUT2D eigenvalue weighted by Crippen LogP contribution is -2.71. The van der Waals surface area contributed by atoms with Crippen LogP contribution < -0.4 is 9.47 Å². The molecule has 0 spiro atoms. The van der Waals surface area contributed by atoms with E-state index in [-0.39, 0.29) is 17.6 Å². The smallest absolute Gasteiger partial charge is 0.438 e. The van der Waals surface area contributed by atoms with Crippen LogP contribution >= 0.6 is 0 Å². The Hall–Kier alpha value is -4.50. The Labute approximate surface area is 311 Å². The fraction of sp³-hybridized carbons (Fsp3) is 0.314. The number of ether oxygens (including phenoxy) is 2. The normalized spacial score (nSPS) is 14.1. The lowest BCUT2D eigenvalue weighted by molar-refractivity contribution is -0.419. The quantitative estimate of drug-likeness (QED) is 0.0995. The number of hydrogen-bond donors (Lipinski definition) is 1. The van der Waals surface area contributed by atoms with Gasteiger partial charge in [-0.15, -0.1) is 0 Å². The van der Waals surface area contributed by atoms with Gasteiger partial charge < -0.3 is 9.47 Å². The Morgan fingerprint density at radius 1 is 0.536 bits per heavy atom. The average molecular weight is 853 g/mol. The second-order valence-electron chi connectivity index (χ2n) is 12.8. The van der Waals surface area contributed by atoms with E-state index in [9.17, 15) is 60.7 Å². The molecule has 4 rings (SSSR count). The van der Waals surface area contributed by atoms with E-state index in [1.54, 1.807) is 36.4 Å². The van der Waals surface area contributed by atoms with E-state index in [1.165, 1.54) is 7.11 Å². The van der Waals surface area contributed by atoms with Crippen molar-refractivity contribution in [3.05, 3.63) is 113 Å². The van der Waals surface area contributed by atoms with Crippen LogP contribution in [-0.4, -0.2) is 57.4 Å². The molecular weight excluding hydrogens is 824 g/mol. The van der Waals surface area contributed by atoms with E-state index in [0.717, 1.165) is 35.4 Å². The van der Waals surface area contributed by atoms with Crippen LogP contribution in [0.3, 0.4) is 0 Å². The van der Waals surface area contributed by atoms with Gasteiger partial charge in [-0.05, 0) is 84.3 Å². The number of halogens is 12. The zero-order valence-corrected chi connectivity index (χ0v) is 30.5. The van der Waals surface area contributed by atoms with E-state index < -0.39 is 81.2 Å². The maximum atomic E-state index is 15.2. The summed E-state index contributed by atoms with van der Waals surface area (Å²) in [5, 5.41) is -7.59. The molecule has 0 fully saturated rings. The zero-order chi connectivity index (χ0) is 42.7. The standard InChI is InChI=1S/C35H28F12O7S2/c1-20-5-16-27(19-28(20)30(36,37)31(38,39)32(40,41)33(42,43)34(44,45)35(46,47)56(50,51)52)55(48,49)26-17-14-25(15-18-26)54-24-12-8-22(9-13-24)29(2,3)21-6-10-23(53-4)11-7-21/h5-19H,1-4H3,(H,50,51,52). The molecule has 0 aliphatic carbocycles. The highest BCUT2D eigenvalue weighted by Crippen LogP contribution is 2.62. The fourth-order valence-corrected chi connectivity index (χ4v) is 7.02. The summed E-state index contributed by atoms with van der Waals surface area (Å²) >= 11 is 0. The number of aryl methyl sites for hydroxylation is 1. The summed E-state index contributed by atoms with van der Waals surface area (Å²) in [7, 11) is -11.2. The van der Waals surface area contributed by atoms with E-state index in [2.05, 4.69) is 0 Å². The maximum Gasteiger partial charge on any atom is 0.438 e. The first-order valence-electron chi connectivity index (χ1n) is 15.5. The van der Waals surface area contributed by atoms with Crippen LogP contribution in [0.4, 0.5) is 52.7 Å². The average Bonchev–Trinajstić information content (AvgIpc) is 3.11. The molecular formula is C35H28F12O7S2. The number of hydrogen-bond acceptors (Lipinski definition) is 6. The van der Waals surface area contributed by atoms with Gasteiger partial charge in [-0.1, -0.05) is 44.2 Å². The molecule has 0 aliphatic rings. The molecule has 0 heterocycles. The summed E-state index contributed by atoms with van der Waals surface area (Å²) in [5.41, 5.74) is -2.24. The first-order chi connectivity index (χ1) is 25.3. The Morgan fingerprint density at radius 2 is 0.929 bits per heavy atom. The third kappa shape index (κ3) is 7.05. The highest BCUT2D eigenvalue weighted by Gasteiger charge is 2.92. The van der Waals surface area contributed by atoms with Gasteiger partial charge in [0.25, 0.3) is 0 Å². The van der Waals surface area contributed by atoms with Crippen LogP contribution in [-0.2, 0) is 31.3 Å². The van der Waals surface area contributed by atoms with Gasteiger partial charge in [0.15, 0.2) is 0 Å². The minimum Gasteiger partial charge on any atom is -0.497 e. The summed E-state index contributed by atoms with van der Waals surface area (Å²) in [5.74, 6) is -38.2. The molecule has 0 atom stereocenters. The SMILES string of the molecule is COc1ccc(C(C)(C)c2ccc(Oc3ccc(S(=O)(=O)c4ccc(C)c(C(F)(F)C(F)(F)C(F)(F)C(F)(F)C(F)(F)C(F)(F)S(=O)(=O)O)c4)cc3)cc2)cc1. The van der Waals surface area contributed by atoms with Crippen molar-refractivity contribution in [1.29, 1.82) is 0 Å². The van der Waals surface area contributed by atoms with E-state index in [1.807, 2.05) is 26.0 Å². The first-order valence-corrected chi connectivity index (χ1v) is 18.4. The summed E-state index contributed by atoms with van der Waals surface area (Å²) < 4.78 is 239. The minimum absolute atomic E-state index is 0.0291. The van der Waals surface area contributed by atoms with Gasteiger partial charge in [0.05, 0.1) is 16.9 Å². The first kappa shape index (κ1) is 44.2. The zero-order valence-electron chi connectivity index (χ0n) is 28.9. The lowest BCUT2D eigenvalue weighted by Gasteiger charge is -2.40. The van der Waals surface area contributed by atoms with Gasteiger partial charge >= 0.3 is 45.0 Å². The molecule has 0 aliphatic heterocycles. The van der Waals surface area contributed by atoms with Crippen LogP contribution in [0, 0.1) is 6.92 Å². The molecule has 56 heavy (non-hydrogen) atoms. The Morgan fingerprint density at radius 3 is 1.36 bits per heavy atom. The molecule has 0 saturated heterocycles. The number of sulfone groups is 1. The van der Waals surface area contributed by atoms with Crippen molar-refractivity contribution in [2.75, 3.05) is 7.11 Å². The summed E-state index contributed by atoms with van der Waals surface area (Å²) in [6.45, 7) is 4.43.